The van der Waals surface area contributed by atoms with Crippen molar-refractivity contribution in [1.29, 1.82) is 0 Å². The topological polar surface area (TPSA) is 55.2 Å². The third-order valence-electron chi connectivity index (χ3n) is 6.63. The van der Waals surface area contributed by atoms with Crippen LogP contribution in [0.3, 0.4) is 0 Å². The smallest absolute Gasteiger partial charge is 0.131 e. The van der Waals surface area contributed by atoms with Gasteiger partial charge in [-0.3, -0.25) is 0 Å². The first kappa shape index (κ1) is 19.9. The van der Waals surface area contributed by atoms with E-state index in [1.54, 1.807) is 12.4 Å². The average Bonchev–Trinajstić information content (AvgIpc) is 2.68. The van der Waals surface area contributed by atoms with E-state index in [1.807, 2.05) is 0 Å². The van der Waals surface area contributed by atoms with Crippen LogP contribution in [0.1, 0.15) is 76.8 Å². The monoisotopic (exact) mass is 392 g/mol. The highest BCUT2D eigenvalue weighted by molar-refractivity contribution is 5.77. The van der Waals surface area contributed by atoms with Gasteiger partial charge < -0.3 is 9.84 Å². The number of fused-ring (bicyclic) bond motifs is 3. The molecule has 2 aliphatic rings. The van der Waals surface area contributed by atoms with Gasteiger partial charge >= 0.3 is 0 Å². The lowest BCUT2D eigenvalue weighted by Crippen LogP contribution is -2.45. The number of rotatable bonds is 5. The van der Waals surface area contributed by atoms with E-state index in [2.05, 4.69) is 49.8 Å². The highest BCUT2D eigenvalue weighted by atomic mass is 16.5. The second-order valence-corrected chi connectivity index (χ2v) is 9.14. The number of benzene rings is 1. The van der Waals surface area contributed by atoms with Crippen molar-refractivity contribution < 1.29 is 9.84 Å². The second-order valence-electron chi connectivity index (χ2n) is 9.14. The number of hydrogen-bond acceptors (Lipinski definition) is 4. The predicted molar refractivity (Wildman–Crippen MR) is 116 cm³/mol. The number of allylic oxidation sites excluding steroid dienone is 2. The van der Waals surface area contributed by atoms with E-state index in [0.29, 0.717) is 11.7 Å². The molecule has 0 amide bonds. The number of ether oxygens (including phenoxy) is 1. The fourth-order valence-corrected chi connectivity index (χ4v) is 5.12. The Morgan fingerprint density at radius 1 is 1.21 bits per heavy atom. The molecule has 154 valence electrons. The van der Waals surface area contributed by atoms with Crippen LogP contribution >= 0.6 is 0 Å². The minimum atomic E-state index is -0.251. The molecule has 2 atom stereocenters. The molecule has 2 aromatic rings. The lowest BCUT2D eigenvalue weighted by Gasteiger charge is -2.46. The molecule has 1 N–H and O–H groups in total. The summed E-state index contributed by atoms with van der Waals surface area (Å²) in [6.07, 6.45) is 14.0. The van der Waals surface area contributed by atoms with Crippen LogP contribution in [0, 0.1) is 5.92 Å². The van der Waals surface area contributed by atoms with Gasteiger partial charge in [0.25, 0.3) is 0 Å². The molecule has 0 saturated heterocycles. The number of phenolic OH excluding ortho intramolecular Hbond substituents is 1. The fourth-order valence-electron chi connectivity index (χ4n) is 5.12. The van der Waals surface area contributed by atoms with E-state index in [1.165, 1.54) is 18.3 Å². The first-order valence-electron chi connectivity index (χ1n) is 10.9. The molecule has 0 spiro atoms. The van der Waals surface area contributed by atoms with Gasteiger partial charge in [-0.15, -0.1) is 0 Å². The quantitative estimate of drug-likeness (QED) is 0.487. The SMILES string of the molecule is CCCCCc1cc2c(c(O)c1-c1cncnc1)[C@@H]1C=C(C)CC[C@H]1C(C)(C)O2. The summed E-state index contributed by atoms with van der Waals surface area (Å²) in [5.41, 5.74) is 4.95. The van der Waals surface area contributed by atoms with Crippen LogP contribution in [0.15, 0.2) is 36.4 Å². The molecule has 4 nitrogen and oxygen atoms in total. The van der Waals surface area contributed by atoms with E-state index in [0.717, 1.165) is 60.1 Å². The van der Waals surface area contributed by atoms with E-state index < -0.39 is 0 Å². The molecule has 0 radical (unpaired) electrons. The van der Waals surface area contributed by atoms with Gasteiger partial charge in [0, 0.05) is 40.9 Å². The molecule has 4 rings (SSSR count). The maximum absolute atomic E-state index is 11.6. The Kier molecular flexibility index (Phi) is 5.37. The van der Waals surface area contributed by atoms with Gasteiger partial charge in [-0.2, -0.15) is 0 Å². The Balaban J connectivity index is 1.91. The number of nitrogens with zero attached hydrogens (tertiary/aromatic N) is 2. The Hall–Kier alpha value is -2.36. The summed E-state index contributed by atoms with van der Waals surface area (Å²) in [5, 5.41) is 11.6. The van der Waals surface area contributed by atoms with Gasteiger partial charge in [-0.25, -0.2) is 9.97 Å². The molecule has 0 bridgehead atoms. The van der Waals surface area contributed by atoms with Gasteiger partial charge in [-0.1, -0.05) is 31.4 Å². The molecular formula is C25H32N2O2. The molecule has 29 heavy (non-hydrogen) atoms. The predicted octanol–water partition coefficient (Wildman–Crippen LogP) is 6.19. The summed E-state index contributed by atoms with van der Waals surface area (Å²) >= 11 is 0. The van der Waals surface area contributed by atoms with Crippen molar-refractivity contribution in [3.63, 3.8) is 0 Å². The molecule has 2 heterocycles. The average molecular weight is 393 g/mol. The van der Waals surface area contributed by atoms with Crippen LogP contribution in [0.25, 0.3) is 11.1 Å². The third-order valence-corrected chi connectivity index (χ3v) is 6.63. The second kappa shape index (κ2) is 7.81. The number of aryl methyl sites for hydroxylation is 1. The highest BCUT2D eigenvalue weighted by Gasteiger charge is 2.45. The summed E-state index contributed by atoms with van der Waals surface area (Å²) < 4.78 is 6.52. The van der Waals surface area contributed by atoms with E-state index in [9.17, 15) is 5.11 Å². The van der Waals surface area contributed by atoms with E-state index in [4.69, 9.17) is 4.74 Å². The van der Waals surface area contributed by atoms with Gasteiger partial charge in [0.2, 0.25) is 0 Å². The normalized spacial score (nSPS) is 22.3. The Morgan fingerprint density at radius 3 is 2.69 bits per heavy atom. The maximum atomic E-state index is 11.6. The van der Waals surface area contributed by atoms with Crippen molar-refractivity contribution in [2.45, 2.75) is 77.7 Å². The van der Waals surface area contributed by atoms with Gasteiger partial charge in [0.1, 0.15) is 23.4 Å². The molecule has 0 unspecified atom stereocenters. The third kappa shape index (κ3) is 3.65. The van der Waals surface area contributed by atoms with E-state index in [-0.39, 0.29) is 11.5 Å². The number of phenols is 1. The van der Waals surface area contributed by atoms with Crippen molar-refractivity contribution in [3.05, 3.63) is 47.6 Å². The summed E-state index contributed by atoms with van der Waals surface area (Å²) in [6.45, 7) is 8.78. The minimum Gasteiger partial charge on any atom is -0.507 e. The Bertz CT molecular complexity index is 918. The van der Waals surface area contributed by atoms with Crippen LogP contribution < -0.4 is 4.74 Å². The molecule has 1 aliphatic carbocycles. The number of unbranched alkanes of at least 4 members (excludes halogenated alkanes) is 2. The number of aromatic hydroxyl groups is 1. The molecule has 1 aromatic heterocycles. The fraction of sp³-hybridized carbons (Fsp3) is 0.520. The van der Waals surface area contributed by atoms with Crippen LogP contribution in [-0.4, -0.2) is 20.7 Å². The highest BCUT2D eigenvalue weighted by Crippen LogP contribution is 2.55. The number of hydrogen-bond donors (Lipinski definition) is 1. The van der Waals surface area contributed by atoms with Crippen LogP contribution in [0.2, 0.25) is 0 Å². The minimum absolute atomic E-state index is 0.176. The molecular weight excluding hydrogens is 360 g/mol. The van der Waals surface area contributed by atoms with Crippen molar-refractivity contribution in [1.82, 2.24) is 9.97 Å². The first-order chi connectivity index (χ1) is 13.9. The Labute approximate surface area is 174 Å². The van der Waals surface area contributed by atoms with Gasteiger partial charge in [0.05, 0.1) is 0 Å². The molecule has 4 heteroatoms. The summed E-state index contributed by atoms with van der Waals surface area (Å²) in [7, 11) is 0. The van der Waals surface area contributed by atoms with Crippen molar-refractivity contribution in [2.24, 2.45) is 5.92 Å². The molecule has 0 saturated carbocycles. The maximum Gasteiger partial charge on any atom is 0.131 e. The molecule has 0 fully saturated rings. The zero-order chi connectivity index (χ0) is 20.6. The molecule has 1 aromatic carbocycles. The largest absolute Gasteiger partial charge is 0.507 e. The van der Waals surface area contributed by atoms with Gasteiger partial charge in [-0.05, 0) is 58.1 Å². The Morgan fingerprint density at radius 2 is 1.97 bits per heavy atom. The summed E-state index contributed by atoms with van der Waals surface area (Å²) in [5.74, 6) is 1.72. The summed E-state index contributed by atoms with van der Waals surface area (Å²) in [6, 6.07) is 2.17. The molecule has 1 aliphatic heterocycles. The van der Waals surface area contributed by atoms with Crippen LogP contribution in [0.4, 0.5) is 0 Å². The van der Waals surface area contributed by atoms with Crippen molar-refractivity contribution in [2.75, 3.05) is 0 Å². The zero-order valence-corrected chi connectivity index (χ0v) is 18.0. The number of aromatic nitrogens is 2. The van der Waals surface area contributed by atoms with Crippen LogP contribution in [-0.2, 0) is 6.42 Å². The first-order valence-corrected chi connectivity index (χ1v) is 10.9. The van der Waals surface area contributed by atoms with Crippen LogP contribution in [0.5, 0.6) is 11.5 Å². The van der Waals surface area contributed by atoms with E-state index >= 15 is 0 Å². The van der Waals surface area contributed by atoms with Gasteiger partial charge in [0.15, 0.2) is 0 Å². The van der Waals surface area contributed by atoms with Crippen molar-refractivity contribution >= 4 is 0 Å². The zero-order valence-electron chi connectivity index (χ0n) is 18.0. The standard InChI is InChI=1S/C25H32N2O2/c1-5-6-7-8-17-12-21-23(24(28)22(17)18-13-26-15-27-14-18)19-11-16(2)9-10-20(19)25(3,4)29-21/h11-15,19-20,28H,5-10H2,1-4H3/t19-,20-/m1/s1. The summed E-state index contributed by atoms with van der Waals surface area (Å²) in [4.78, 5) is 8.41. The lowest BCUT2D eigenvalue weighted by molar-refractivity contribution is 0.0108. The lowest BCUT2D eigenvalue weighted by atomic mass is 9.67. The van der Waals surface area contributed by atoms with Crippen molar-refractivity contribution in [3.8, 4) is 22.6 Å².